The summed E-state index contributed by atoms with van der Waals surface area (Å²) in [6, 6.07) is 3.03. The van der Waals surface area contributed by atoms with Gasteiger partial charge < -0.3 is 10.1 Å². The van der Waals surface area contributed by atoms with Crippen LogP contribution >= 0.6 is 11.6 Å². The second-order valence-corrected chi connectivity index (χ2v) is 3.91. The summed E-state index contributed by atoms with van der Waals surface area (Å²) in [5, 5.41) is 13.9. The van der Waals surface area contributed by atoms with Gasteiger partial charge in [0.15, 0.2) is 0 Å². The van der Waals surface area contributed by atoms with E-state index in [9.17, 15) is 10.1 Å². The van der Waals surface area contributed by atoms with Crippen molar-refractivity contribution in [3.05, 3.63) is 32.8 Å². The number of anilines is 1. The van der Waals surface area contributed by atoms with Crippen molar-refractivity contribution in [2.75, 3.05) is 25.1 Å². The lowest BCUT2D eigenvalue weighted by Gasteiger charge is -2.10. The molecule has 0 aromatic heterocycles. The summed E-state index contributed by atoms with van der Waals surface area (Å²) in [6.45, 7) is 5.62. The lowest BCUT2D eigenvalue weighted by atomic mass is 10.2. The van der Waals surface area contributed by atoms with Crippen LogP contribution in [0.25, 0.3) is 0 Å². The number of halogens is 1. The number of nitro groups is 1. The normalized spacial score (nSPS) is 10.3. The van der Waals surface area contributed by atoms with Crippen molar-refractivity contribution < 1.29 is 9.66 Å². The van der Waals surface area contributed by atoms with Gasteiger partial charge in [0.25, 0.3) is 5.69 Å². The Bertz CT molecular complexity index is 410. The van der Waals surface area contributed by atoms with E-state index >= 15 is 0 Å². The van der Waals surface area contributed by atoms with E-state index in [-0.39, 0.29) is 10.7 Å². The molecule has 6 heteroatoms. The molecule has 0 radical (unpaired) electrons. The molecule has 0 aliphatic rings. The highest BCUT2D eigenvalue weighted by molar-refractivity contribution is 6.33. The molecule has 0 saturated heterocycles. The van der Waals surface area contributed by atoms with E-state index in [1.54, 1.807) is 13.0 Å². The largest absolute Gasteiger partial charge is 0.382 e. The Kier molecular flexibility index (Phi) is 5.18. The molecule has 0 unspecified atom stereocenters. The summed E-state index contributed by atoms with van der Waals surface area (Å²) in [7, 11) is 0. The molecule has 0 spiro atoms. The van der Waals surface area contributed by atoms with Crippen molar-refractivity contribution in [2.45, 2.75) is 13.8 Å². The van der Waals surface area contributed by atoms with Gasteiger partial charge in [-0.05, 0) is 25.5 Å². The van der Waals surface area contributed by atoms with E-state index < -0.39 is 4.92 Å². The Balaban J connectivity index is 2.74. The maximum Gasteiger partial charge on any atom is 0.288 e. The highest BCUT2D eigenvalue weighted by Gasteiger charge is 2.14. The number of benzene rings is 1. The fourth-order valence-electron chi connectivity index (χ4n) is 1.40. The fourth-order valence-corrected chi connectivity index (χ4v) is 1.63. The van der Waals surface area contributed by atoms with Crippen LogP contribution in [0.15, 0.2) is 12.1 Å². The first kappa shape index (κ1) is 13.7. The fraction of sp³-hybridized carbons (Fsp3) is 0.455. The molecular weight excluding hydrogens is 244 g/mol. The van der Waals surface area contributed by atoms with Crippen LogP contribution in [0.1, 0.15) is 12.5 Å². The Morgan fingerprint density at radius 3 is 2.82 bits per heavy atom. The SMILES string of the molecule is CCOCCNc1cc(Cl)c([N+](=O)[O-])cc1C. The van der Waals surface area contributed by atoms with Crippen molar-refractivity contribution in [2.24, 2.45) is 0 Å². The zero-order valence-corrected chi connectivity index (χ0v) is 10.6. The zero-order valence-electron chi connectivity index (χ0n) is 9.83. The first-order valence-corrected chi connectivity index (χ1v) is 5.70. The minimum Gasteiger partial charge on any atom is -0.382 e. The van der Waals surface area contributed by atoms with Gasteiger partial charge in [-0.25, -0.2) is 0 Å². The maximum atomic E-state index is 10.7. The van der Waals surface area contributed by atoms with E-state index in [0.29, 0.717) is 19.8 Å². The lowest BCUT2D eigenvalue weighted by molar-refractivity contribution is -0.384. The molecule has 5 nitrogen and oxygen atoms in total. The Hall–Kier alpha value is -1.33. The van der Waals surface area contributed by atoms with Crippen LogP contribution in [0.2, 0.25) is 5.02 Å². The molecule has 0 aliphatic carbocycles. The van der Waals surface area contributed by atoms with Gasteiger partial charge in [0, 0.05) is 24.9 Å². The molecule has 0 aliphatic heterocycles. The summed E-state index contributed by atoms with van der Waals surface area (Å²) >= 11 is 5.82. The number of hydrogen-bond donors (Lipinski definition) is 1. The molecule has 0 saturated carbocycles. The molecule has 1 rings (SSSR count). The zero-order chi connectivity index (χ0) is 12.8. The van der Waals surface area contributed by atoms with Gasteiger partial charge in [0.1, 0.15) is 5.02 Å². The van der Waals surface area contributed by atoms with E-state index in [1.807, 2.05) is 6.92 Å². The molecular formula is C11H15ClN2O3. The Morgan fingerprint density at radius 1 is 1.53 bits per heavy atom. The third-order valence-corrected chi connectivity index (χ3v) is 2.56. The first-order chi connectivity index (χ1) is 8.06. The molecule has 94 valence electrons. The monoisotopic (exact) mass is 258 g/mol. The van der Waals surface area contributed by atoms with Crippen LogP contribution in [-0.2, 0) is 4.74 Å². The number of nitrogens with zero attached hydrogens (tertiary/aromatic N) is 1. The van der Waals surface area contributed by atoms with Gasteiger partial charge in [0.2, 0.25) is 0 Å². The van der Waals surface area contributed by atoms with Crippen LogP contribution in [-0.4, -0.2) is 24.7 Å². The maximum absolute atomic E-state index is 10.7. The Morgan fingerprint density at radius 2 is 2.24 bits per heavy atom. The van der Waals surface area contributed by atoms with Gasteiger partial charge in [-0.3, -0.25) is 10.1 Å². The van der Waals surface area contributed by atoms with Gasteiger partial charge in [-0.1, -0.05) is 11.6 Å². The lowest BCUT2D eigenvalue weighted by Crippen LogP contribution is -2.10. The Labute approximate surface area is 105 Å². The van der Waals surface area contributed by atoms with Gasteiger partial charge in [-0.2, -0.15) is 0 Å². The van der Waals surface area contributed by atoms with E-state index in [4.69, 9.17) is 16.3 Å². The first-order valence-electron chi connectivity index (χ1n) is 5.32. The molecule has 0 amide bonds. The van der Waals surface area contributed by atoms with Crippen LogP contribution in [0.3, 0.4) is 0 Å². The second kappa shape index (κ2) is 6.42. The van der Waals surface area contributed by atoms with E-state index in [2.05, 4.69) is 5.32 Å². The van der Waals surface area contributed by atoms with Crippen molar-refractivity contribution in [1.82, 2.24) is 0 Å². The summed E-state index contributed by atoms with van der Waals surface area (Å²) in [5.74, 6) is 0. The quantitative estimate of drug-likeness (QED) is 0.484. The van der Waals surface area contributed by atoms with Gasteiger partial charge >= 0.3 is 0 Å². The molecule has 1 aromatic carbocycles. The number of nitrogens with one attached hydrogen (secondary N) is 1. The predicted octanol–water partition coefficient (Wildman–Crippen LogP) is 3.01. The third-order valence-electron chi connectivity index (χ3n) is 2.26. The summed E-state index contributed by atoms with van der Waals surface area (Å²) in [4.78, 5) is 10.2. The molecule has 0 fully saturated rings. The molecule has 17 heavy (non-hydrogen) atoms. The topological polar surface area (TPSA) is 64.4 Å². The summed E-state index contributed by atoms with van der Waals surface area (Å²) in [6.07, 6.45) is 0. The highest BCUT2D eigenvalue weighted by atomic mass is 35.5. The van der Waals surface area contributed by atoms with E-state index in [0.717, 1.165) is 11.3 Å². The van der Waals surface area contributed by atoms with Gasteiger partial charge in [0.05, 0.1) is 11.5 Å². The molecule has 1 N–H and O–H groups in total. The minimum absolute atomic E-state index is 0.0699. The number of hydrogen-bond acceptors (Lipinski definition) is 4. The number of ether oxygens (including phenoxy) is 1. The highest BCUT2D eigenvalue weighted by Crippen LogP contribution is 2.30. The van der Waals surface area contributed by atoms with Crippen molar-refractivity contribution >= 4 is 23.0 Å². The third kappa shape index (κ3) is 3.87. The predicted molar refractivity (Wildman–Crippen MR) is 67.8 cm³/mol. The smallest absolute Gasteiger partial charge is 0.288 e. The average Bonchev–Trinajstić information content (AvgIpc) is 2.28. The summed E-state index contributed by atoms with van der Waals surface area (Å²) < 4.78 is 5.18. The van der Waals surface area contributed by atoms with Crippen LogP contribution < -0.4 is 5.32 Å². The minimum atomic E-state index is -0.487. The van der Waals surface area contributed by atoms with Crippen molar-refractivity contribution in [3.8, 4) is 0 Å². The van der Waals surface area contributed by atoms with Gasteiger partial charge in [-0.15, -0.1) is 0 Å². The molecule has 0 atom stereocenters. The van der Waals surface area contributed by atoms with Crippen LogP contribution in [0.4, 0.5) is 11.4 Å². The average molecular weight is 259 g/mol. The van der Waals surface area contributed by atoms with Crippen molar-refractivity contribution in [3.63, 3.8) is 0 Å². The second-order valence-electron chi connectivity index (χ2n) is 3.50. The number of nitro benzene ring substituents is 1. The molecule has 1 aromatic rings. The van der Waals surface area contributed by atoms with Crippen molar-refractivity contribution in [1.29, 1.82) is 0 Å². The number of aryl methyl sites for hydroxylation is 1. The van der Waals surface area contributed by atoms with Crippen LogP contribution in [0, 0.1) is 17.0 Å². The van der Waals surface area contributed by atoms with E-state index in [1.165, 1.54) is 6.07 Å². The molecule has 0 heterocycles. The summed E-state index contributed by atoms with van der Waals surface area (Å²) in [5.41, 5.74) is 1.51. The molecule has 0 bridgehead atoms. The number of rotatable bonds is 6. The van der Waals surface area contributed by atoms with Crippen LogP contribution in [0.5, 0.6) is 0 Å². The standard InChI is InChI=1S/C11H15ClN2O3/c1-3-17-5-4-13-10-7-9(12)11(14(15)16)6-8(10)2/h6-7,13H,3-5H2,1-2H3.